The first-order chi connectivity index (χ1) is 9.33. The molecular formula is C17H33O2Y. The van der Waals surface area contributed by atoms with E-state index in [2.05, 4.69) is 30.2 Å². The van der Waals surface area contributed by atoms with Crippen LogP contribution in [0.3, 0.4) is 0 Å². The van der Waals surface area contributed by atoms with E-state index in [4.69, 9.17) is 0 Å². The Morgan fingerprint density at radius 2 is 1.00 bits per heavy atom. The molecule has 0 aromatic heterocycles. The van der Waals surface area contributed by atoms with E-state index in [1.807, 2.05) is 50.2 Å². The summed E-state index contributed by atoms with van der Waals surface area (Å²) >= 11 is 0. The third kappa shape index (κ3) is 63.5. The first-order valence-corrected chi connectivity index (χ1v) is 6.60. The molecule has 0 aliphatic heterocycles. The van der Waals surface area contributed by atoms with Crippen LogP contribution in [0.4, 0.5) is 0 Å². The van der Waals surface area contributed by atoms with Crippen molar-refractivity contribution in [3.05, 3.63) is 57.2 Å². The van der Waals surface area contributed by atoms with Gasteiger partial charge in [0.2, 0.25) is 0 Å². The number of benzene rings is 1. The van der Waals surface area contributed by atoms with E-state index in [1.165, 1.54) is 0 Å². The Morgan fingerprint density at radius 1 is 0.750 bits per heavy atom. The second kappa shape index (κ2) is 50.7. The van der Waals surface area contributed by atoms with Crippen LogP contribution in [0.1, 0.15) is 27.2 Å². The van der Waals surface area contributed by atoms with Crippen LogP contribution in [0.5, 0.6) is 0 Å². The van der Waals surface area contributed by atoms with Gasteiger partial charge in [0.25, 0.3) is 0 Å². The summed E-state index contributed by atoms with van der Waals surface area (Å²) in [6, 6.07) is 12.0. The molecule has 0 fully saturated rings. The molecule has 0 bridgehead atoms. The van der Waals surface area contributed by atoms with Crippen LogP contribution in [-0.2, 0) is 42.2 Å². The van der Waals surface area contributed by atoms with Crippen LogP contribution in [0, 0.1) is 20.8 Å². The largest absolute Gasteiger partial charge is 3.00 e. The number of methoxy groups -OCH3 is 2. The molecular weight excluding hydrogens is 325 g/mol. The van der Waals surface area contributed by atoms with Crippen molar-refractivity contribution >= 4 is 0 Å². The van der Waals surface area contributed by atoms with Crippen LogP contribution in [0.15, 0.2) is 36.4 Å². The Balaban J connectivity index is -0.0000000497. The monoisotopic (exact) mass is 358 g/mol. The van der Waals surface area contributed by atoms with Crippen molar-refractivity contribution in [3.63, 3.8) is 0 Å². The van der Waals surface area contributed by atoms with E-state index in [0.717, 1.165) is 13.0 Å². The maximum atomic E-state index is 4.63. The van der Waals surface area contributed by atoms with Crippen molar-refractivity contribution in [2.24, 2.45) is 0 Å². The molecule has 20 heavy (non-hydrogen) atoms. The Hall–Kier alpha value is 0.244. The fourth-order valence-electron chi connectivity index (χ4n) is 0.529. The molecule has 0 heterocycles. The predicted octanol–water partition coefficient (Wildman–Crippen LogP) is 4.87. The molecule has 0 amide bonds. The predicted molar refractivity (Wildman–Crippen MR) is 87.9 cm³/mol. The first kappa shape index (κ1) is 32.3. The van der Waals surface area contributed by atoms with Crippen molar-refractivity contribution in [3.8, 4) is 0 Å². The minimum Gasteiger partial charge on any atom is -0.417 e. The van der Waals surface area contributed by atoms with Crippen molar-refractivity contribution < 1.29 is 42.2 Å². The topological polar surface area (TPSA) is 18.5 Å². The number of rotatable bonds is 3. The van der Waals surface area contributed by atoms with Crippen LogP contribution in [0.2, 0.25) is 0 Å². The van der Waals surface area contributed by atoms with Gasteiger partial charge in [0.15, 0.2) is 0 Å². The minimum absolute atomic E-state index is 0. The standard InChI is InChI=1S/C6H6.C4H9O.C3H7O.C2H6.C2H5.Y/c1-2-4-6-5-3-1;1-3-4-5-2;1-3-4-2;2*1-2;/h1-6H;1,3-4H2,2H3;1,3H2,2H3;1-2H3;1H2,2H3;/q;2*-1;;-1;+3. The molecule has 0 spiro atoms. The zero-order valence-electron chi connectivity index (χ0n) is 14.1. The Morgan fingerprint density at radius 3 is 1.05 bits per heavy atom. The number of hydrogen-bond acceptors (Lipinski definition) is 2. The summed E-state index contributed by atoms with van der Waals surface area (Å²) in [7, 11) is 3.29. The Kier molecular flexibility index (Phi) is 81.7. The van der Waals surface area contributed by atoms with Crippen molar-refractivity contribution in [2.75, 3.05) is 27.4 Å². The maximum absolute atomic E-state index is 4.63. The average molecular weight is 358 g/mol. The summed E-state index contributed by atoms with van der Waals surface area (Å²) in [5.74, 6) is 0. The molecule has 0 saturated carbocycles. The van der Waals surface area contributed by atoms with Crippen LogP contribution >= 0.6 is 0 Å². The normalized spacial score (nSPS) is 6.60. The van der Waals surface area contributed by atoms with E-state index in [1.54, 1.807) is 21.1 Å². The van der Waals surface area contributed by atoms with Gasteiger partial charge in [-0.1, -0.05) is 56.9 Å². The summed E-state index contributed by atoms with van der Waals surface area (Å²) in [6.45, 7) is 17.3. The summed E-state index contributed by atoms with van der Waals surface area (Å²) in [5, 5.41) is 0. The van der Waals surface area contributed by atoms with E-state index in [9.17, 15) is 0 Å². The molecule has 116 valence electrons. The summed E-state index contributed by atoms with van der Waals surface area (Å²) in [6.07, 6.45) is 0.872. The summed E-state index contributed by atoms with van der Waals surface area (Å²) < 4.78 is 9.06. The van der Waals surface area contributed by atoms with Crippen molar-refractivity contribution in [1.29, 1.82) is 0 Å². The van der Waals surface area contributed by atoms with E-state index < -0.39 is 0 Å². The first-order valence-electron chi connectivity index (χ1n) is 6.60. The quantitative estimate of drug-likeness (QED) is 0.718. The molecule has 0 aliphatic carbocycles. The van der Waals surface area contributed by atoms with Gasteiger partial charge in [0.05, 0.1) is 0 Å². The van der Waals surface area contributed by atoms with Crippen molar-refractivity contribution in [2.45, 2.75) is 27.2 Å². The van der Waals surface area contributed by atoms with Crippen LogP contribution < -0.4 is 0 Å². The molecule has 0 aliphatic rings. The van der Waals surface area contributed by atoms with Gasteiger partial charge in [-0.3, -0.25) is 0 Å². The molecule has 1 aromatic carbocycles. The second-order valence-electron chi connectivity index (χ2n) is 2.49. The second-order valence-corrected chi connectivity index (χ2v) is 2.49. The Labute approximate surface area is 153 Å². The minimum atomic E-state index is 0. The number of hydrogen-bond donors (Lipinski definition) is 0. The average Bonchev–Trinajstić information content (AvgIpc) is 2.54. The zero-order chi connectivity index (χ0) is 15.8. The SMILES string of the molecule is CC.[CH2-]C.[CH2-]CCOC.[CH2-]COC.[Y+3].c1ccccc1. The molecule has 0 N–H and O–H groups in total. The van der Waals surface area contributed by atoms with Gasteiger partial charge < -0.3 is 30.2 Å². The van der Waals surface area contributed by atoms with Gasteiger partial charge in [-0.15, -0.1) is 0 Å². The van der Waals surface area contributed by atoms with Gasteiger partial charge in [-0.05, 0) is 0 Å². The molecule has 0 unspecified atom stereocenters. The summed E-state index contributed by atoms with van der Waals surface area (Å²) in [4.78, 5) is 0. The molecule has 2 nitrogen and oxygen atoms in total. The van der Waals surface area contributed by atoms with E-state index in [0.29, 0.717) is 6.61 Å². The third-order valence-corrected chi connectivity index (χ3v) is 1.22. The Bertz CT molecular complexity index is 139. The maximum Gasteiger partial charge on any atom is 3.00 e. The van der Waals surface area contributed by atoms with Gasteiger partial charge in [-0.25, -0.2) is 0 Å². The molecule has 3 heteroatoms. The molecule has 0 saturated heterocycles. The molecule has 1 aromatic rings. The fraction of sp³-hybridized carbons (Fsp3) is 0.471. The number of ether oxygens (including phenoxy) is 2. The van der Waals surface area contributed by atoms with E-state index in [-0.39, 0.29) is 32.7 Å². The molecule has 1 rings (SSSR count). The zero-order valence-corrected chi connectivity index (χ0v) is 16.9. The molecule has 0 atom stereocenters. The fourth-order valence-corrected chi connectivity index (χ4v) is 0.529. The third-order valence-electron chi connectivity index (χ3n) is 1.22. The summed E-state index contributed by atoms with van der Waals surface area (Å²) in [5.41, 5.74) is 0. The van der Waals surface area contributed by atoms with Gasteiger partial charge in [0, 0.05) is 20.8 Å². The molecule has 0 radical (unpaired) electrons. The van der Waals surface area contributed by atoms with Gasteiger partial charge >= 0.3 is 32.7 Å². The van der Waals surface area contributed by atoms with Crippen molar-refractivity contribution in [1.82, 2.24) is 0 Å². The van der Waals surface area contributed by atoms with Gasteiger partial charge in [-0.2, -0.15) is 13.3 Å². The van der Waals surface area contributed by atoms with Crippen LogP contribution in [-0.4, -0.2) is 27.4 Å². The van der Waals surface area contributed by atoms with Gasteiger partial charge in [0.1, 0.15) is 0 Å². The van der Waals surface area contributed by atoms with Crippen LogP contribution in [0.25, 0.3) is 0 Å². The smallest absolute Gasteiger partial charge is 0.417 e. The van der Waals surface area contributed by atoms with E-state index >= 15 is 0 Å².